The van der Waals surface area contributed by atoms with Crippen molar-refractivity contribution in [2.24, 2.45) is 5.41 Å². The molecule has 1 N–H and O–H groups in total. The van der Waals surface area contributed by atoms with E-state index >= 15 is 0 Å². The molecule has 0 radical (unpaired) electrons. The van der Waals surface area contributed by atoms with E-state index in [2.05, 4.69) is 41.7 Å². The predicted octanol–water partition coefficient (Wildman–Crippen LogP) is 4.03. The first kappa shape index (κ1) is 17.2. The molecule has 0 saturated heterocycles. The molecule has 3 heteroatoms. The van der Waals surface area contributed by atoms with Gasteiger partial charge in [0.2, 0.25) is 0 Å². The summed E-state index contributed by atoms with van der Waals surface area (Å²) >= 11 is 0. The van der Waals surface area contributed by atoms with Gasteiger partial charge < -0.3 is 10.1 Å². The van der Waals surface area contributed by atoms with Crippen LogP contribution in [0.3, 0.4) is 0 Å². The molecular weight excluding hydrogens is 286 g/mol. The van der Waals surface area contributed by atoms with Crippen molar-refractivity contribution in [1.82, 2.24) is 5.32 Å². The van der Waals surface area contributed by atoms with Gasteiger partial charge in [0.25, 0.3) is 0 Å². The van der Waals surface area contributed by atoms with Crippen molar-refractivity contribution in [3.05, 3.63) is 60.2 Å². The Hall–Kier alpha value is -2.13. The third-order valence-electron chi connectivity index (χ3n) is 3.79. The Morgan fingerprint density at radius 2 is 1.61 bits per heavy atom. The number of ether oxygens (including phenoxy) is 1. The number of carbonyl (C=O) groups excluding carboxylic acids is 1. The third-order valence-corrected chi connectivity index (χ3v) is 3.79. The normalized spacial score (nSPS) is 11.3. The number of benzene rings is 2. The molecule has 122 valence electrons. The van der Waals surface area contributed by atoms with E-state index in [1.54, 1.807) is 0 Å². The SMILES string of the molecule is CCOC(=O)C(C)(C)CNCc1ccc(-c2ccccc2)cc1. The zero-order valence-corrected chi connectivity index (χ0v) is 14.1. The number of nitrogens with one attached hydrogen (secondary N) is 1. The Kier molecular flexibility index (Phi) is 5.94. The fourth-order valence-corrected chi connectivity index (χ4v) is 2.36. The summed E-state index contributed by atoms with van der Waals surface area (Å²) in [5.74, 6) is -0.160. The van der Waals surface area contributed by atoms with Gasteiger partial charge >= 0.3 is 5.97 Å². The number of carbonyl (C=O) groups is 1. The molecule has 0 aliphatic rings. The lowest BCUT2D eigenvalue weighted by atomic mass is 9.93. The molecule has 2 aromatic rings. The number of esters is 1. The van der Waals surface area contributed by atoms with Gasteiger partial charge in [-0.2, -0.15) is 0 Å². The molecule has 0 bridgehead atoms. The molecule has 3 nitrogen and oxygen atoms in total. The van der Waals surface area contributed by atoms with Crippen molar-refractivity contribution in [2.45, 2.75) is 27.3 Å². The highest BCUT2D eigenvalue weighted by molar-refractivity contribution is 5.76. The molecule has 0 fully saturated rings. The molecule has 0 spiro atoms. The summed E-state index contributed by atoms with van der Waals surface area (Å²) in [5, 5.41) is 3.34. The van der Waals surface area contributed by atoms with Gasteiger partial charge in [-0.25, -0.2) is 0 Å². The van der Waals surface area contributed by atoms with E-state index in [9.17, 15) is 4.79 Å². The summed E-state index contributed by atoms with van der Waals surface area (Å²) in [6.07, 6.45) is 0. The molecular formula is C20H25NO2. The van der Waals surface area contributed by atoms with Crippen LogP contribution in [0.25, 0.3) is 11.1 Å². The van der Waals surface area contributed by atoms with Gasteiger partial charge in [0.15, 0.2) is 0 Å². The molecule has 0 aliphatic carbocycles. The zero-order chi connectivity index (χ0) is 16.7. The van der Waals surface area contributed by atoms with Gasteiger partial charge in [-0.15, -0.1) is 0 Å². The zero-order valence-electron chi connectivity index (χ0n) is 14.1. The van der Waals surface area contributed by atoms with Gasteiger partial charge in [-0.3, -0.25) is 4.79 Å². The molecule has 2 rings (SSSR count). The van der Waals surface area contributed by atoms with E-state index in [0.29, 0.717) is 13.2 Å². The highest BCUT2D eigenvalue weighted by atomic mass is 16.5. The lowest BCUT2D eigenvalue weighted by Crippen LogP contribution is -2.37. The second-order valence-electron chi connectivity index (χ2n) is 6.27. The van der Waals surface area contributed by atoms with E-state index in [1.807, 2.05) is 39.0 Å². The molecule has 0 atom stereocenters. The van der Waals surface area contributed by atoms with Gasteiger partial charge in [0, 0.05) is 13.1 Å². The Bertz CT molecular complexity index is 618. The number of hydrogen-bond donors (Lipinski definition) is 1. The summed E-state index contributed by atoms with van der Waals surface area (Å²) in [7, 11) is 0. The van der Waals surface area contributed by atoms with E-state index in [-0.39, 0.29) is 5.97 Å². The van der Waals surface area contributed by atoms with E-state index < -0.39 is 5.41 Å². The summed E-state index contributed by atoms with van der Waals surface area (Å²) in [6.45, 7) is 7.37. The van der Waals surface area contributed by atoms with Crippen molar-refractivity contribution in [1.29, 1.82) is 0 Å². The highest BCUT2D eigenvalue weighted by Crippen LogP contribution is 2.20. The minimum Gasteiger partial charge on any atom is -0.466 e. The van der Waals surface area contributed by atoms with Crippen LogP contribution in [0.2, 0.25) is 0 Å². The Morgan fingerprint density at radius 1 is 1.00 bits per heavy atom. The molecule has 0 unspecified atom stereocenters. The van der Waals surface area contributed by atoms with Crippen LogP contribution >= 0.6 is 0 Å². The molecule has 0 saturated carbocycles. The first-order valence-corrected chi connectivity index (χ1v) is 8.05. The monoisotopic (exact) mass is 311 g/mol. The van der Waals surface area contributed by atoms with Gasteiger partial charge in [-0.05, 0) is 37.5 Å². The summed E-state index contributed by atoms with van der Waals surface area (Å²) < 4.78 is 5.10. The molecule has 0 amide bonds. The Morgan fingerprint density at radius 3 is 2.22 bits per heavy atom. The van der Waals surface area contributed by atoms with Crippen molar-refractivity contribution < 1.29 is 9.53 Å². The van der Waals surface area contributed by atoms with Crippen LogP contribution in [0.15, 0.2) is 54.6 Å². The number of hydrogen-bond acceptors (Lipinski definition) is 3. The molecule has 0 aliphatic heterocycles. The van der Waals surface area contributed by atoms with Crippen LogP contribution in [0, 0.1) is 5.41 Å². The predicted molar refractivity (Wildman–Crippen MR) is 94.0 cm³/mol. The van der Waals surface area contributed by atoms with E-state index in [4.69, 9.17) is 4.74 Å². The second kappa shape index (κ2) is 7.93. The quantitative estimate of drug-likeness (QED) is 0.785. The highest BCUT2D eigenvalue weighted by Gasteiger charge is 2.28. The second-order valence-corrected chi connectivity index (χ2v) is 6.27. The minimum absolute atomic E-state index is 0.160. The van der Waals surface area contributed by atoms with Crippen LogP contribution < -0.4 is 5.32 Å². The standard InChI is InChI=1S/C20H25NO2/c1-4-23-19(22)20(2,3)15-21-14-16-10-12-18(13-11-16)17-8-6-5-7-9-17/h5-13,21H,4,14-15H2,1-3H3. The lowest BCUT2D eigenvalue weighted by molar-refractivity contribution is -0.153. The van der Waals surface area contributed by atoms with Crippen molar-refractivity contribution in [3.63, 3.8) is 0 Å². The van der Waals surface area contributed by atoms with E-state index in [1.165, 1.54) is 16.7 Å². The number of rotatable bonds is 7. The van der Waals surface area contributed by atoms with Crippen LogP contribution in [0.1, 0.15) is 26.3 Å². The maximum absolute atomic E-state index is 11.8. The maximum atomic E-state index is 11.8. The molecule has 2 aromatic carbocycles. The molecule has 23 heavy (non-hydrogen) atoms. The molecule has 0 aromatic heterocycles. The fourth-order valence-electron chi connectivity index (χ4n) is 2.36. The van der Waals surface area contributed by atoms with Crippen LogP contribution in [-0.4, -0.2) is 19.1 Å². The summed E-state index contributed by atoms with van der Waals surface area (Å²) in [6, 6.07) is 18.8. The van der Waals surface area contributed by atoms with Crippen molar-refractivity contribution in [2.75, 3.05) is 13.2 Å². The average molecular weight is 311 g/mol. The van der Waals surface area contributed by atoms with Crippen LogP contribution in [0.5, 0.6) is 0 Å². The maximum Gasteiger partial charge on any atom is 0.312 e. The first-order valence-electron chi connectivity index (χ1n) is 8.05. The smallest absolute Gasteiger partial charge is 0.312 e. The fraction of sp³-hybridized carbons (Fsp3) is 0.350. The van der Waals surface area contributed by atoms with Crippen molar-refractivity contribution in [3.8, 4) is 11.1 Å². The largest absolute Gasteiger partial charge is 0.466 e. The average Bonchev–Trinajstić information content (AvgIpc) is 2.56. The Labute approximate surface area is 138 Å². The minimum atomic E-state index is -0.514. The molecule has 0 heterocycles. The van der Waals surface area contributed by atoms with Gasteiger partial charge in [-0.1, -0.05) is 54.6 Å². The lowest BCUT2D eigenvalue weighted by Gasteiger charge is -2.22. The van der Waals surface area contributed by atoms with Crippen molar-refractivity contribution >= 4 is 5.97 Å². The first-order chi connectivity index (χ1) is 11.0. The van der Waals surface area contributed by atoms with Gasteiger partial charge in [0.05, 0.1) is 12.0 Å². The third kappa shape index (κ3) is 4.93. The van der Waals surface area contributed by atoms with E-state index in [0.717, 1.165) is 6.54 Å². The summed E-state index contributed by atoms with van der Waals surface area (Å²) in [5.41, 5.74) is 3.11. The van der Waals surface area contributed by atoms with Gasteiger partial charge in [0.1, 0.15) is 0 Å². The van der Waals surface area contributed by atoms with Crippen LogP contribution in [0.4, 0.5) is 0 Å². The summed E-state index contributed by atoms with van der Waals surface area (Å²) in [4.78, 5) is 11.8. The topological polar surface area (TPSA) is 38.3 Å². The van der Waals surface area contributed by atoms with Crippen LogP contribution in [-0.2, 0) is 16.1 Å². The Balaban J connectivity index is 1.88.